The number of aromatic nitrogens is 2. The van der Waals surface area contributed by atoms with Crippen LogP contribution in [0, 0.1) is 10.1 Å². The molecule has 1 saturated heterocycles. The number of ether oxygens (including phenoxy) is 2. The number of fused-ring (bicyclic) bond motifs is 1. The normalized spacial score (nSPS) is 13.7. The van der Waals surface area contributed by atoms with Crippen LogP contribution in [0.3, 0.4) is 0 Å². The zero-order valence-corrected chi connectivity index (χ0v) is 28.7. The summed E-state index contributed by atoms with van der Waals surface area (Å²) in [5.41, 5.74) is 1.90. The lowest BCUT2D eigenvalue weighted by molar-refractivity contribution is -0.383. The number of anilines is 3. The van der Waals surface area contributed by atoms with Crippen molar-refractivity contribution in [2.24, 2.45) is 0 Å². The molecule has 3 heterocycles. The smallest absolute Gasteiger partial charge is 0.294 e. The highest BCUT2D eigenvalue weighted by molar-refractivity contribution is 6.41. The second-order valence-corrected chi connectivity index (χ2v) is 12.3. The molecule has 47 heavy (non-hydrogen) atoms. The minimum atomic E-state index is -0.394. The molecule has 4 aromatic rings. The Hall–Kier alpha value is -4.10. The Labute approximate surface area is 283 Å². The number of likely N-dealkylation sites (N-methyl/N-ethyl adjacent to an activating group) is 1. The Morgan fingerprint density at radius 3 is 2.30 bits per heavy atom. The first-order valence-electron chi connectivity index (χ1n) is 15.4. The van der Waals surface area contributed by atoms with Gasteiger partial charge >= 0.3 is 0 Å². The lowest BCUT2D eigenvalue weighted by atomic mass is 10.0. The van der Waals surface area contributed by atoms with Crippen molar-refractivity contribution in [3.05, 3.63) is 73.1 Å². The lowest BCUT2D eigenvalue weighted by Crippen LogP contribution is -2.46. The van der Waals surface area contributed by atoms with Gasteiger partial charge in [-0.3, -0.25) is 14.9 Å². The molecule has 0 atom stereocenters. The molecule has 0 aliphatic carbocycles. The van der Waals surface area contributed by atoms with Crippen LogP contribution >= 0.6 is 23.2 Å². The fourth-order valence-corrected chi connectivity index (χ4v) is 6.55. The van der Waals surface area contributed by atoms with E-state index in [1.54, 1.807) is 41.1 Å². The SMILES string of the molecule is CCN1CCN(c2ccc(Nc3cc4c(cn3)cc(-c3c(Cl)c(OC)cc(OC)c3Cl)c(=O)n4CCCN(C)C)c([N+](=O)[O-])c2)CC1. The van der Waals surface area contributed by atoms with Crippen LogP contribution in [-0.2, 0) is 6.54 Å². The number of hydrogen-bond acceptors (Lipinski definition) is 10. The molecule has 250 valence electrons. The van der Waals surface area contributed by atoms with Crippen molar-refractivity contribution < 1.29 is 14.4 Å². The number of nitro groups is 1. The maximum atomic E-state index is 14.2. The summed E-state index contributed by atoms with van der Waals surface area (Å²) >= 11 is 13.4. The van der Waals surface area contributed by atoms with Crippen LogP contribution in [0.2, 0.25) is 10.0 Å². The maximum Gasteiger partial charge on any atom is 0.294 e. The van der Waals surface area contributed by atoms with Gasteiger partial charge in [0.2, 0.25) is 0 Å². The molecule has 14 heteroatoms. The van der Waals surface area contributed by atoms with Gasteiger partial charge in [0, 0.05) is 73.8 Å². The Balaban J connectivity index is 1.57. The maximum absolute atomic E-state index is 14.2. The fourth-order valence-electron chi connectivity index (χ4n) is 5.84. The van der Waals surface area contributed by atoms with Crippen LogP contribution in [0.4, 0.5) is 22.9 Å². The summed E-state index contributed by atoms with van der Waals surface area (Å²) in [6, 6.07) is 10.2. The molecule has 12 nitrogen and oxygen atoms in total. The molecule has 0 spiro atoms. The average molecular weight is 685 g/mol. The minimum Gasteiger partial charge on any atom is -0.495 e. The van der Waals surface area contributed by atoms with Crippen LogP contribution in [0.25, 0.3) is 22.0 Å². The van der Waals surface area contributed by atoms with Crippen molar-refractivity contribution in [1.29, 1.82) is 0 Å². The van der Waals surface area contributed by atoms with Gasteiger partial charge in [-0.25, -0.2) is 4.98 Å². The topological polar surface area (TPSA) is 118 Å². The first-order valence-corrected chi connectivity index (χ1v) is 16.1. The quantitative estimate of drug-likeness (QED) is 0.138. The number of nitrogens with zero attached hydrogens (tertiary/aromatic N) is 6. The molecule has 1 aliphatic heterocycles. The molecule has 2 aromatic carbocycles. The van der Waals surface area contributed by atoms with E-state index in [0.717, 1.165) is 45.0 Å². The van der Waals surface area contributed by atoms with E-state index < -0.39 is 4.92 Å². The molecule has 1 aliphatic rings. The first-order chi connectivity index (χ1) is 22.6. The minimum absolute atomic E-state index is 0.0581. The van der Waals surface area contributed by atoms with E-state index in [9.17, 15) is 14.9 Å². The monoisotopic (exact) mass is 683 g/mol. The van der Waals surface area contributed by atoms with Crippen LogP contribution < -0.4 is 25.2 Å². The van der Waals surface area contributed by atoms with Gasteiger partial charge in [0.1, 0.15) is 23.0 Å². The first kappa shape index (κ1) is 34.2. The van der Waals surface area contributed by atoms with E-state index in [1.807, 2.05) is 25.1 Å². The van der Waals surface area contributed by atoms with E-state index in [1.165, 1.54) is 14.2 Å². The predicted octanol–water partition coefficient (Wildman–Crippen LogP) is 6.13. The van der Waals surface area contributed by atoms with Gasteiger partial charge in [0.25, 0.3) is 11.2 Å². The Morgan fingerprint density at radius 1 is 1.02 bits per heavy atom. The number of benzene rings is 2. The van der Waals surface area contributed by atoms with Gasteiger partial charge in [-0.1, -0.05) is 30.1 Å². The summed E-state index contributed by atoms with van der Waals surface area (Å²) in [6.07, 6.45) is 2.30. The highest BCUT2D eigenvalue weighted by Crippen LogP contribution is 2.45. The van der Waals surface area contributed by atoms with Crippen molar-refractivity contribution in [2.75, 3.05) is 77.8 Å². The van der Waals surface area contributed by atoms with Crippen LogP contribution in [0.5, 0.6) is 11.5 Å². The Kier molecular flexibility index (Phi) is 10.8. The van der Waals surface area contributed by atoms with E-state index in [-0.39, 0.29) is 26.9 Å². The Morgan fingerprint density at radius 2 is 1.70 bits per heavy atom. The van der Waals surface area contributed by atoms with Crippen molar-refractivity contribution in [3.63, 3.8) is 0 Å². The van der Waals surface area contributed by atoms with Crippen LogP contribution in [0.15, 0.2) is 47.4 Å². The number of piperazine rings is 1. The van der Waals surface area contributed by atoms with Crippen molar-refractivity contribution in [3.8, 4) is 22.6 Å². The number of nitro benzene ring substituents is 1. The third-order valence-electron chi connectivity index (χ3n) is 8.43. The number of nitrogens with one attached hydrogen (secondary N) is 1. The van der Waals surface area contributed by atoms with E-state index in [2.05, 4.69) is 27.0 Å². The van der Waals surface area contributed by atoms with Crippen molar-refractivity contribution in [2.45, 2.75) is 19.9 Å². The van der Waals surface area contributed by atoms with Gasteiger partial charge in [0.15, 0.2) is 0 Å². The molecule has 2 aromatic heterocycles. The molecule has 5 rings (SSSR count). The molecule has 0 unspecified atom stereocenters. The van der Waals surface area contributed by atoms with E-state index in [0.29, 0.717) is 52.4 Å². The summed E-state index contributed by atoms with van der Waals surface area (Å²) in [5, 5.41) is 16.3. The summed E-state index contributed by atoms with van der Waals surface area (Å²) in [4.78, 5) is 37.1. The van der Waals surface area contributed by atoms with Gasteiger partial charge < -0.3 is 34.1 Å². The highest BCUT2D eigenvalue weighted by atomic mass is 35.5. The zero-order chi connectivity index (χ0) is 33.8. The number of halogens is 2. The second-order valence-electron chi connectivity index (χ2n) is 11.6. The number of pyridine rings is 2. The van der Waals surface area contributed by atoms with Gasteiger partial charge in [0.05, 0.1) is 40.3 Å². The molecule has 0 amide bonds. The molecule has 1 N–H and O–H groups in total. The van der Waals surface area contributed by atoms with Gasteiger partial charge in [-0.05, 0) is 51.8 Å². The zero-order valence-electron chi connectivity index (χ0n) is 27.2. The molecule has 1 fully saturated rings. The molecular weight excluding hydrogens is 645 g/mol. The standard InChI is InChI=1S/C33H39Cl2N7O5/c1-6-39-12-14-40(15-13-39)22-8-9-24(26(17-22)42(44)45)37-29-18-25-21(20-36-29)16-23(33(43)41(25)11-7-10-38(2)3)30-31(34)27(46-4)19-28(47-5)32(30)35/h8-9,16-20H,6-7,10-15H2,1-5H3,(H,36,37). The third-order valence-corrected chi connectivity index (χ3v) is 9.18. The molecule has 0 saturated carbocycles. The largest absolute Gasteiger partial charge is 0.495 e. The molecular formula is C33H39Cl2N7O5. The van der Waals surface area contributed by atoms with Gasteiger partial charge in [-0.2, -0.15) is 0 Å². The van der Waals surface area contributed by atoms with Crippen LogP contribution in [0.1, 0.15) is 13.3 Å². The van der Waals surface area contributed by atoms with E-state index in [4.69, 9.17) is 32.7 Å². The van der Waals surface area contributed by atoms with Gasteiger partial charge in [-0.15, -0.1) is 0 Å². The fraction of sp³-hybridized carbons (Fsp3) is 0.394. The highest BCUT2D eigenvalue weighted by Gasteiger charge is 2.24. The van der Waals surface area contributed by atoms with Crippen molar-refractivity contribution in [1.82, 2.24) is 19.4 Å². The lowest BCUT2D eigenvalue weighted by Gasteiger charge is -2.35. The molecule has 0 radical (unpaired) electrons. The number of rotatable bonds is 12. The number of methoxy groups -OCH3 is 2. The summed E-state index contributed by atoms with van der Waals surface area (Å²) in [5.74, 6) is 0.989. The third kappa shape index (κ3) is 7.25. The average Bonchev–Trinajstić information content (AvgIpc) is 3.06. The van der Waals surface area contributed by atoms with E-state index >= 15 is 0 Å². The Bertz CT molecular complexity index is 1810. The second kappa shape index (κ2) is 14.8. The predicted molar refractivity (Wildman–Crippen MR) is 188 cm³/mol. The number of hydrogen-bond donors (Lipinski definition) is 1. The molecule has 0 bridgehead atoms. The summed E-state index contributed by atoms with van der Waals surface area (Å²) < 4.78 is 12.5. The summed E-state index contributed by atoms with van der Waals surface area (Å²) in [7, 11) is 6.88. The van der Waals surface area contributed by atoms with Crippen molar-refractivity contribution >= 4 is 57.0 Å². The van der Waals surface area contributed by atoms with Crippen LogP contribution in [-0.4, -0.2) is 91.9 Å². The number of aryl methyl sites for hydroxylation is 1. The summed E-state index contributed by atoms with van der Waals surface area (Å²) in [6.45, 7) is 7.67.